The van der Waals surface area contributed by atoms with E-state index in [1.807, 2.05) is 0 Å². The van der Waals surface area contributed by atoms with Gasteiger partial charge in [-0.15, -0.1) is 0 Å². The number of aromatic nitrogens is 2. The second-order valence-corrected chi connectivity index (χ2v) is 5.92. The van der Waals surface area contributed by atoms with Gasteiger partial charge in [-0.1, -0.05) is 6.42 Å². The molecular weight excluding hydrogens is 281 g/mol. The summed E-state index contributed by atoms with van der Waals surface area (Å²) in [7, 11) is 0. The topological polar surface area (TPSA) is 49.8 Å². The van der Waals surface area contributed by atoms with Crippen molar-refractivity contribution in [2.24, 2.45) is 11.8 Å². The molecule has 3 rings (SSSR count). The Kier molecular flexibility index (Phi) is 3.67. The highest BCUT2D eigenvalue weighted by Gasteiger charge is 2.40. The van der Waals surface area contributed by atoms with Crippen molar-refractivity contribution in [3.63, 3.8) is 0 Å². The number of alkyl halides is 3. The summed E-state index contributed by atoms with van der Waals surface area (Å²) in [5, 5.41) is 5.95. The second-order valence-electron chi connectivity index (χ2n) is 5.92. The maximum absolute atomic E-state index is 12.9. The van der Waals surface area contributed by atoms with Crippen molar-refractivity contribution >= 4 is 11.8 Å². The third kappa shape index (κ3) is 3.06. The maximum atomic E-state index is 12.9. The Morgan fingerprint density at radius 2 is 2.05 bits per heavy atom. The molecule has 1 aromatic rings. The Hall–Kier alpha value is -1.53. The molecule has 2 bridgehead atoms. The van der Waals surface area contributed by atoms with Gasteiger partial charge in [0.05, 0.1) is 0 Å². The summed E-state index contributed by atoms with van der Waals surface area (Å²) in [4.78, 5) is 7.68. The van der Waals surface area contributed by atoms with Crippen LogP contribution in [0.25, 0.3) is 0 Å². The summed E-state index contributed by atoms with van der Waals surface area (Å²) in [6, 6.07) is 1.25. The molecule has 2 saturated carbocycles. The van der Waals surface area contributed by atoms with Crippen LogP contribution in [-0.4, -0.2) is 22.6 Å². The highest BCUT2D eigenvalue weighted by Crippen LogP contribution is 2.45. The fraction of sp³-hybridized carbons (Fsp3) is 0.714. The van der Waals surface area contributed by atoms with Crippen LogP contribution >= 0.6 is 0 Å². The van der Waals surface area contributed by atoms with Crippen molar-refractivity contribution in [1.29, 1.82) is 0 Å². The van der Waals surface area contributed by atoms with Gasteiger partial charge < -0.3 is 10.6 Å². The molecule has 0 radical (unpaired) electrons. The third-order valence-electron chi connectivity index (χ3n) is 4.42. The van der Waals surface area contributed by atoms with Crippen molar-refractivity contribution in [3.8, 4) is 0 Å². The van der Waals surface area contributed by atoms with Gasteiger partial charge in [-0.25, -0.2) is 4.98 Å². The predicted molar refractivity (Wildman–Crippen MR) is 74.1 cm³/mol. The monoisotopic (exact) mass is 300 g/mol. The number of nitrogens with one attached hydrogen (secondary N) is 2. The number of fused-ring (bicyclic) bond motifs is 2. The number of hydrogen-bond donors (Lipinski definition) is 2. The van der Waals surface area contributed by atoms with E-state index in [0.29, 0.717) is 12.5 Å². The van der Waals surface area contributed by atoms with Crippen LogP contribution in [0.15, 0.2) is 6.07 Å². The minimum Gasteiger partial charge on any atom is -0.367 e. The highest BCUT2D eigenvalue weighted by molar-refractivity contribution is 5.44. The van der Waals surface area contributed by atoms with E-state index in [-0.39, 0.29) is 17.8 Å². The molecule has 2 aliphatic rings. The van der Waals surface area contributed by atoms with Crippen LogP contribution in [-0.2, 0) is 6.18 Å². The molecule has 7 heteroatoms. The fourth-order valence-corrected chi connectivity index (χ4v) is 3.52. The van der Waals surface area contributed by atoms with Crippen LogP contribution in [0.2, 0.25) is 0 Å². The quantitative estimate of drug-likeness (QED) is 0.893. The SMILES string of the molecule is CCNc1nc(NC2CC3CCC2C3)cc(C(F)(F)F)n1. The van der Waals surface area contributed by atoms with Crippen molar-refractivity contribution in [1.82, 2.24) is 9.97 Å². The largest absolute Gasteiger partial charge is 0.433 e. The number of hydrogen-bond acceptors (Lipinski definition) is 4. The van der Waals surface area contributed by atoms with Gasteiger partial charge in [0, 0.05) is 18.7 Å². The van der Waals surface area contributed by atoms with Gasteiger partial charge in [-0.3, -0.25) is 0 Å². The van der Waals surface area contributed by atoms with E-state index in [9.17, 15) is 13.2 Å². The second kappa shape index (κ2) is 5.35. The molecule has 4 nitrogen and oxygen atoms in total. The molecule has 3 atom stereocenters. The van der Waals surface area contributed by atoms with Gasteiger partial charge in [0.2, 0.25) is 5.95 Å². The van der Waals surface area contributed by atoms with Gasteiger partial charge >= 0.3 is 6.18 Å². The summed E-state index contributed by atoms with van der Waals surface area (Å²) >= 11 is 0. The van der Waals surface area contributed by atoms with Crippen LogP contribution in [0.5, 0.6) is 0 Å². The van der Waals surface area contributed by atoms with E-state index in [1.165, 1.54) is 19.3 Å². The van der Waals surface area contributed by atoms with Gasteiger partial charge in [0.15, 0.2) is 5.69 Å². The molecule has 2 aliphatic carbocycles. The van der Waals surface area contributed by atoms with E-state index in [4.69, 9.17) is 0 Å². The molecule has 2 fully saturated rings. The van der Waals surface area contributed by atoms with Crippen molar-refractivity contribution in [2.45, 2.75) is 44.8 Å². The predicted octanol–water partition coefficient (Wildman–Crippen LogP) is 3.53. The van der Waals surface area contributed by atoms with Crippen LogP contribution in [0.4, 0.5) is 24.9 Å². The van der Waals surface area contributed by atoms with E-state index < -0.39 is 11.9 Å². The summed E-state index contributed by atoms with van der Waals surface area (Å²) < 4.78 is 38.7. The van der Waals surface area contributed by atoms with E-state index in [2.05, 4.69) is 20.6 Å². The molecule has 1 heterocycles. The van der Waals surface area contributed by atoms with Gasteiger partial charge in [0.1, 0.15) is 5.82 Å². The zero-order chi connectivity index (χ0) is 15.0. The van der Waals surface area contributed by atoms with Crippen molar-refractivity contribution in [2.75, 3.05) is 17.2 Å². The normalized spacial score (nSPS) is 27.9. The van der Waals surface area contributed by atoms with Gasteiger partial charge in [0.25, 0.3) is 0 Å². The lowest BCUT2D eigenvalue weighted by molar-refractivity contribution is -0.141. The molecule has 1 aromatic heterocycles. The Morgan fingerprint density at radius 3 is 2.62 bits per heavy atom. The molecule has 2 N–H and O–H groups in total. The lowest BCUT2D eigenvalue weighted by Gasteiger charge is -2.24. The molecule has 0 amide bonds. The number of anilines is 2. The number of nitrogens with zero attached hydrogens (tertiary/aromatic N) is 2. The molecule has 3 unspecified atom stereocenters. The Morgan fingerprint density at radius 1 is 1.24 bits per heavy atom. The Bertz CT molecular complexity index is 517. The van der Waals surface area contributed by atoms with E-state index in [0.717, 1.165) is 18.4 Å². The van der Waals surface area contributed by atoms with Crippen LogP contribution in [0.1, 0.15) is 38.3 Å². The first-order chi connectivity index (χ1) is 9.95. The van der Waals surface area contributed by atoms with Crippen molar-refractivity contribution in [3.05, 3.63) is 11.8 Å². The first kappa shape index (κ1) is 14.4. The minimum atomic E-state index is -4.46. The summed E-state index contributed by atoms with van der Waals surface area (Å²) in [5.74, 6) is 1.59. The highest BCUT2D eigenvalue weighted by atomic mass is 19.4. The molecule has 0 spiro atoms. The minimum absolute atomic E-state index is 0.0259. The fourth-order valence-electron chi connectivity index (χ4n) is 3.52. The Labute approximate surface area is 121 Å². The maximum Gasteiger partial charge on any atom is 0.433 e. The van der Waals surface area contributed by atoms with E-state index >= 15 is 0 Å². The summed E-state index contributed by atoms with van der Waals surface area (Å²) in [5.41, 5.74) is -0.904. The zero-order valence-electron chi connectivity index (χ0n) is 11.9. The average Bonchev–Trinajstić information content (AvgIpc) is 3.00. The standard InChI is InChI=1S/C14H19F3N4/c1-2-18-13-20-11(14(15,16)17)7-12(21-13)19-10-6-8-3-4-9(10)5-8/h7-10H,2-6H2,1H3,(H2,18,19,20,21). The third-order valence-corrected chi connectivity index (χ3v) is 4.42. The Balaban J connectivity index is 1.81. The number of halogens is 3. The lowest BCUT2D eigenvalue weighted by atomic mass is 9.95. The van der Waals surface area contributed by atoms with Crippen LogP contribution in [0, 0.1) is 11.8 Å². The van der Waals surface area contributed by atoms with Crippen LogP contribution < -0.4 is 10.6 Å². The zero-order valence-corrected chi connectivity index (χ0v) is 11.9. The van der Waals surface area contributed by atoms with Gasteiger partial charge in [-0.2, -0.15) is 18.2 Å². The molecule has 21 heavy (non-hydrogen) atoms. The lowest BCUT2D eigenvalue weighted by Crippen LogP contribution is -2.27. The molecule has 0 saturated heterocycles. The average molecular weight is 300 g/mol. The molecular formula is C14H19F3N4. The summed E-state index contributed by atoms with van der Waals surface area (Å²) in [6.07, 6.45) is 0.183. The van der Waals surface area contributed by atoms with Gasteiger partial charge in [-0.05, 0) is 38.0 Å². The smallest absolute Gasteiger partial charge is 0.367 e. The summed E-state index contributed by atoms with van der Waals surface area (Å²) in [6.45, 7) is 2.28. The molecule has 0 aromatic carbocycles. The number of rotatable bonds is 4. The molecule has 116 valence electrons. The van der Waals surface area contributed by atoms with Crippen LogP contribution in [0.3, 0.4) is 0 Å². The van der Waals surface area contributed by atoms with Crippen molar-refractivity contribution < 1.29 is 13.2 Å². The molecule has 0 aliphatic heterocycles. The first-order valence-corrected chi connectivity index (χ1v) is 7.42. The van der Waals surface area contributed by atoms with E-state index in [1.54, 1.807) is 6.92 Å². The first-order valence-electron chi connectivity index (χ1n) is 7.42.